The fourth-order valence-corrected chi connectivity index (χ4v) is 2.53. The van der Waals surface area contributed by atoms with Crippen LogP contribution < -0.4 is 0 Å². The summed E-state index contributed by atoms with van der Waals surface area (Å²) >= 11 is 3.35. The summed E-state index contributed by atoms with van der Waals surface area (Å²) < 4.78 is 0.940. The minimum absolute atomic E-state index is 0.214. The van der Waals surface area contributed by atoms with E-state index in [0.717, 1.165) is 16.5 Å². The van der Waals surface area contributed by atoms with E-state index in [9.17, 15) is 14.7 Å². The van der Waals surface area contributed by atoms with Crippen LogP contribution >= 0.6 is 15.9 Å². The molecule has 0 radical (unpaired) electrons. The third kappa shape index (κ3) is 3.82. The van der Waals surface area contributed by atoms with Crippen molar-refractivity contribution in [1.82, 2.24) is 4.90 Å². The predicted octanol–water partition coefficient (Wildman–Crippen LogP) is 3.09. The first kappa shape index (κ1) is 16.7. The van der Waals surface area contributed by atoms with Gasteiger partial charge in [0.15, 0.2) is 0 Å². The van der Waals surface area contributed by atoms with E-state index < -0.39 is 11.5 Å². The average Bonchev–Trinajstić information content (AvgIpc) is 2.38. The number of nitrogens with zero attached hydrogens (tertiary/aromatic N) is 1. The first-order valence-corrected chi connectivity index (χ1v) is 7.36. The molecule has 0 saturated heterocycles. The average molecular weight is 342 g/mol. The molecule has 110 valence electrons. The number of halogens is 1. The molecule has 0 fully saturated rings. The second-order valence-electron chi connectivity index (χ2n) is 5.05. The van der Waals surface area contributed by atoms with Gasteiger partial charge in [-0.15, -0.1) is 0 Å². The number of amides is 1. The third-order valence-corrected chi connectivity index (χ3v) is 3.87. The largest absolute Gasteiger partial charge is 0.479 e. The molecular formula is C15H20BrNO3. The van der Waals surface area contributed by atoms with Gasteiger partial charge in [-0.25, -0.2) is 4.79 Å². The van der Waals surface area contributed by atoms with Crippen molar-refractivity contribution in [2.24, 2.45) is 0 Å². The monoisotopic (exact) mass is 341 g/mol. The molecule has 0 heterocycles. The van der Waals surface area contributed by atoms with Gasteiger partial charge in [-0.3, -0.25) is 4.79 Å². The SMILES string of the molecule is CCCN(C(C)=O)C(C)(Cc1ccc(Br)cc1)C(=O)O. The Morgan fingerprint density at radius 3 is 2.25 bits per heavy atom. The summed E-state index contributed by atoms with van der Waals surface area (Å²) in [6.07, 6.45) is 1.01. The number of aliphatic carboxylic acids is 1. The fraction of sp³-hybridized carbons (Fsp3) is 0.467. The minimum atomic E-state index is -1.23. The lowest BCUT2D eigenvalue weighted by Gasteiger charge is -2.37. The molecular weight excluding hydrogens is 322 g/mol. The quantitative estimate of drug-likeness (QED) is 0.864. The normalized spacial score (nSPS) is 13.6. The molecule has 1 aromatic carbocycles. The van der Waals surface area contributed by atoms with Gasteiger partial charge in [0.05, 0.1) is 0 Å². The van der Waals surface area contributed by atoms with Crippen LogP contribution in [0.3, 0.4) is 0 Å². The molecule has 0 aliphatic heterocycles. The Balaban J connectivity index is 3.10. The van der Waals surface area contributed by atoms with Gasteiger partial charge in [0.2, 0.25) is 5.91 Å². The van der Waals surface area contributed by atoms with Crippen LogP contribution in [-0.4, -0.2) is 34.0 Å². The van der Waals surface area contributed by atoms with E-state index in [1.165, 1.54) is 11.8 Å². The number of rotatable bonds is 6. The van der Waals surface area contributed by atoms with Gasteiger partial charge in [0, 0.05) is 24.4 Å². The first-order valence-electron chi connectivity index (χ1n) is 6.57. The zero-order chi connectivity index (χ0) is 15.3. The highest BCUT2D eigenvalue weighted by Crippen LogP contribution is 2.23. The second kappa shape index (κ2) is 6.88. The van der Waals surface area contributed by atoms with Crippen molar-refractivity contribution in [2.75, 3.05) is 6.54 Å². The Hall–Kier alpha value is -1.36. The third-order valence-electron chi connectivity index (χ3n) is 3.35. The Morgan fingerprint density at radius 2 is 1.85 bits per heavy atom. The van der Waals surface area contributed by atoms with Gasteiger partial charge < -0.3 is 10.0 Å². The maximum atomic E-state index is 11.8. The van der Waals surface area contributed by atoms with Crippen molar-refractivity contribution in [2.45, 2.75) is 39.2 Å². The van der Waals surface area contributed by atoms with Crippen LogP contribution in [0, 0.1) is 0 Å². The van der Waals surface area contributed by atoms with E-state index >= 15 is 0 Å². The van der Waals surface area contributed by atoms with Gasteiger partial charge in [0.1, 0.15) is 5.54 Å². The molecule has 0 aliphatic carbocycles. The zero-order valence-corrected chi connectivity index (χ0v) is 13.6. The molecule has 1 aromatic rings. The lowest BCUT2D eigenvalue weighted by atomic mass is 9.90. The first-order chi connectivity index (χ1) is 9.31. The van der Waals surface area contributed by atoms with Crippen molar-refractivity contribution in [3.05, 3.63) is 34.3 Å². The molecule has 0 aliphatic rings. The number of carbonyl (C=O) groups is 2. The summed E-state index contributed by atoms with van der Waals surface area (Å²) in [5.74, 6) is -1.20. The van der Waals surface area contributed by atoms with Crippen molar-refractivity contribution in [1.29, 1.82) is 0 Å². The van der Waals surface area contributed by atoms with Crippen LogP contribution in [0.5, 0.6) is 0 Å². The van der Waals surface area contributed by atoms with E-state index in [0.29, 0.717) is 6.54 Å². The Kier molecular flexibility index (Phi) is 5.74. The second-order valence-corrected chi connectivity index (χ2v) is 5.97. The highest BCUT2D eigenvalue weighted by atomic mass is 79.9. The molecule has 1 atom stereocenters. The molecule has 20 heavy (non-hydrogen) atoms. The van der Waals surface area contributed by atoms with Gasteiger partial charge >= 0.3 is 5.97 Å². The lowest BCUT2D eigenvalue weighted by Crippen LogP contribution is -2.56. The molecule has 1 N–H and O–H groups in total. The number of carboxylic acids is 1. The summed E-state index contributed by atoms with van der Waals surface area (Å²) in [5.41, 5.74) is -0.337. The van der Waals surface area contributed by atoms with Crippen LogP contribution in [0.4, 0.5) is 0 Å². The molecule has 5 heteroatoms. The molecule has 1 amide bonds. The van der Waals surface area contributed by atoms with E-state index in [1.807, 2.05) is 31.2 Å². The van der Waals surface area contributed by atoms with Crippen molar-refractivity contribution < 1.29 is 14.7 Å². The topological polar surface area (TPSA) is 57.6 Å². The fourth-order valence-electron chi connectivity index (χ4n) is 2.26. The number of carbonyl (C=O) groups excluding carboxylic acids is 1. The minimum Gasteiger partial charge on any atom is -0.479 e. The number of hydrogen-bond acceptors (Lipinski definition) is 2. The van der Waals surface area contributed by atoms with E-state index in [-0.39, 0.29) is 12.3 Å². The number of hydrogen-bond donors (Lipinski definition) is 1. The molecule has 0 spiro atoms. The van der Waals surface area contributed by atoms with Crippen molar-refractivity contribution >= 4 is 27.8 Å². The Bertz CT molecular complexity index is 486. The van der Waals surface area contributed by atoms with Gasteiger partial charge in [0.25, 0.3) is 0 Å². The summed E-state index contributed by atoms with van der Waals surface area (Å²) in [6.45, 7) is 5.39. The molecule has 0 saturated carbocycles. The summed E-state index contributed by atoms with van der Waals surface area (Å²) in [4.78, 5) is 24.9. The maximum Gasteiger partial charge on any atom is 0.329 e. The summed E-state index contributed by atoms with van der Waals surface area (Å²) in [7, 11) is 0. The van der Waals surface area contributed by atoms with Crippen molar-refractivity contribution in [3.8, 4) is 0 Å². The van der Waals surface area contributed by atoms with Crippen LogP contribution in [0.25, 0.3) is 0 Å². The molecule has 1 unspecified atom stereocenters. The standard InChI is InChI=1S/C15H20BrNO3/c1-4-9-17(11(2)18)15(3,14(19)20)10-12-5-7-13(16)8-6-12/h5-8H,4,9-10H2,1-3H3,(H,19,20). The van der Waals surface area contributed by atoms with Gasteiger partial charge in [-0.1, -0.05) is 35.0 Å². The van der Waals surface area contributed by atoms with Crippen LogP contribution in [0.1, 0.15) is 32.8 Å². The highest BCUT2D eigenvalue weighted by molar-refractivity contribution is 9.10. The van der Waals surface area contributed by atoms with Crippen LogP contribution in [-0.2, 0) is 16.0 Å². The van der Waals surface area contributed by atoms with E-state index in [4.69, 9.17) is 0 Å². The van der Waals surface area contributed by atoms with E-state index in [2.05, 4.69) is 15.9 Å². The lowest BCUT2D eigenvalue weighted by molar-refractivity contribution is -0.157. The maximum absolute atomic E-state index is 11.8. The van der Waals surface area contributed by atoms with Crippen molar-refractivity contribution in [3.63, 3.8) is 0 Å². The number of carboxylic acid groups (broad SMARTS) is 1. The smallest absolute Gasteiger partial charge is 0.329 e. The number of benzene rings is 1. The van der Waals surface area contributed by atoms with Gasteiger partial charge in [-0.05, 0) is 31.0 Å². The Labute approximate surface area is 127 Å². The molecule has 0 bridgehead atoms. The molecule has 1 rings (SSSR count). The summed E-state index contributed by atoms with van der Waals surface area (Å²) in [5, 5.41) is 9.59. The molecule has 4 nitrogen and oxygen atoms in total. The predicted molar refractivity (Wildman–Crippen MR) is 81.6 cm³/mol. The van der Waals surface area contributed by atoms with Gasteiger partial charge in [-0.2, -0.15) is 0 Å². The Morgan fingerprint density at radius 1 is 1.30 bits per heavy atom. The zero-order valence-electron chi connectivity index (χ0n) is 12.0. The van der Waals surface area contributed by atoms with E-state index in [1.54, 1.807) is 6.92 Å². The summed E-state index contributed by atoms with van der Waals surface area (Å²) in [6, 6.07) is 7.48. The van der Waals surface area contributed by atoms with Crippen LogP contribution in [0.15, 0.2) is 28.7 Å². The molecule has 0 aromatic heterocycles. The highest BCUT2D eigenvalue weighted by Gasteiger charge is 2.40. The van der Waals surface area contributed by atoms with Crippen LogP contribution in [0.2, 0.25) is 0 Å².